The summed E-state index contributed by atoms with van der Waals surface area (Å²) in [6.07, 6.45) is 0. The van der Waals surface area contributed by atoms with Crippen LogP contribution in [0.3, 0.4) is 0 Å². The van der Waals surface area contributed by atoms with Crippen molar-refractivity contribution in [1.82, 2.24) is 9.97 Å². The number of aromatic nitrogens is 2. The molecule has 0 unspecified atom stereocenters. The highest BCUT2D eigenvalue weighted by Crippen LogP contribution is 2.28. The number of rotatable bonds is 5. The van der Waals surface area contributed by atoms with Crippen molar-refractivity contribution in [2.24, 2.45) is 0 Å². The molecule has 128 valence electrons. The third-order valence-electron chi connectivity index (χ3n) is 3.60. The molecule has 1 heterocycles. The zero-order valence-corrected chi connectivity index (χ0v) is 15.3. The van der Waals surface area contributed by atoms with Gasteiger partial charge in [-0.25, -0.2) is 4.98 Å². The predicted molar refractivity (Wildman–Crippen MR) is 106 cm³/mol. The number of hydrogen-bond acceptors (Lipinski definition) is 4. The number of nitrogens with one attached hydrogen (secondary N) is 2. The summed E-state index contributed by atoms with van der Waals surface area (Å²) < 4.78 is 0. The summed E-state index contributed by atoms with van der Waals surface area (Å²) in [6.45, 7) is 6.13. The van der Waals surface area contributed by atoms with E-state index in [-0.39, 0.29) is 6.04 Å². The first-order chi connectivity index (χ1) is 12.0. The van der Waals surface area contributed by atoms with Crippen LogP contribution in [0.2, 0.25) is 5.02 Å². The monoisotopic (exact) mass is 352 g/mol. The highest BCUT2D eigenvalue weighted by atomic mass is 35.5. The van der Waals surface area contributed by atoms with Gasteiger partial charge in [-0.3, -0.25) is 0 Å². The molecule has 2 aromatic carbocycles. The summed E-state index contributed by atoms with van der Waals surface area (Å²) in [7, 11) is 0. The second-order valence-electron chi connectivity index (χ2n) is 6.24. The Morgan fingerprint density at radius 1 is 0.960 bits per heavy atom. The Kier molecular flexibility index (Phi) is 5.19. The van der Waals surface area contributed by atoms with Crippen molar-refractivity contribution >= 4 is 29.1 Å². The van der Waals surface area contributed by atoms with E-state index >= 15 is 0 Å². The molecule has 0 aliphatic rings. The summed E-state index contributed by atoms with van der Waals surface area (Å²) in [4.78, 5) is 9.19. The third-order valence-corrected chi connectivity index (χ3v) is 3.91. The molecule has 0 aliphatic carbocycles. The Bertz CT molecular complexity index is 863. The zero-order valence-electron chi connectivity index (χ0n) is 14.5. The summed E-state index contributed by atoms with van der Waals surface area (Å²) in [5.41, 5.74) is 3.82. The largest absolute Gasteiger partial charge is 0.352 e. The average Bonchev–Trinajstić information content (AvgIpc) is 2.57. The first kappa shape index (κ1) is 17.2. The van der Waals surface area contributed by atoms with E-state index in [1.807, 2.05) is 61.5 Å². The summed E-state index contributed by atoms with van der Waals surface area (Å²) >= 11 is 6.34. The number of anilines is 3. The molecule has 0 amide bonds. The average molecular weight is 353 g/mol. The van der Waals surface area contributed by atoms with E-state index in [9.17, 15) is 0 Å². The Balaban J connectivity index is 2.00. The lowest BCUT2D eigenvalue weighted by atomic mass is 10.1. The van der Waals surface area contributed by atoms with Crippen LogP contribution in [0.4, 0.5) is 17.5 Å². The molecule has 0 saturated carbocycles. The van der Waals surface area contributed by atoms with Crippen molar-refractivity contribution in [3.63, 3.8) is 0 Å². The van der Waals surface area contributed by atoms with Crippen LogP contribution in [0.5, 0.6) is 0 Å². The molecule has 0 spiro atoms. The van der Waals surface area contributed by atoms with Crippen molar-refractivity contribution in [1.29, 1.82) is 0 Å². The van der Waals surface area contributed by atoms with Gasteiger partial charge in [0.15, 0.2) is 0 Å². The quantitative estimate of drug-likeness (QED) is 0.621. The molecular weight excluding hydrogens is 332 g/mol. The van der Waals surface area contributed by atoms with Gasteiger partial charge in [0.05, 0.1) is 16.4 Å². The van der Waals surface area contributed by atoms with Crippen LogP contribution in [-0.4, -0.2) is 16.0 Å². The van der Waals surface area contributed by atoms with Crippen molar-refractivity contribution in [2.45, 2.75) is 26.8 Å². The fraction of sp³-hybridized carbons (Fsp3) is 0.200. The SMILES string of the molecule is Cc1ccc(Nc2cc(-c3ccccc3)nc(NC(C)C)n2)c(Cl)c1. The predicted octanol–water partition coefficient (Wildman–Crippen LogP) is 5.67. The van der Waals surface area contributed by atoms with Crippen LogP contribution in [0.1, 0.15) is 19.4 Å². The standard InChI is InChI=1S/C20H21ClN4/c1-13(2)22-20-24-18(15-7-5-4-6-8-15)12-19(25-20)23-17-10-9-14(3)11-16(17)21/h4-13H,1-3H3,(H2,22,23,24,25). The van der Waals surface area contributed by atoms with Gasteiger partial charge >= 0.3 is 0 Å². The molecule has 25 heavy (non-hydrogen) atoms. The molecule has 5 heteroatoms. The van der Waals surface area contributed by atoms with Crippen molar-refractivity contribution < 1.29 is 0 Å². The number of nitrogens with zero attached hydrogens (tertiary/aromatic N) is 2. The molecule has 1 aromatic heterocycles. The van der Waals surface area contributed by atoms with E-state index in [0.29, 0.717) is 16.8 Å². The zero-order chi connectivity index (χ0) is 17.8. The minimum atomic E-state index is 0.238. The van der Waals surface area contributed by atoms with Gasteiger partial charge in [0.25, 0.3) is 0 Å². The maximum Gasteiger partial charge on any atom is 0.225 e. The van der Waals surface area contributed by atoms with E-state index in [1.165, 1.54) is 0 Å². The lowest BCUT2D eigenvalue weighted by molar-refractivity contribution is 0.876. The number of benzene rings is 2. The number of halogens is 1. The van der Waals surface area contributed by atoms with Crippen molar-refractivity contribution in [3.05, 3.63) is 65.2 Å². The van der Waals surface area contributed by atoms with E-state index in [4.69, 9.17) is 11.6 Å². The van der Waals surface area contributed by atoms with Crippen LogP contribution in [0.25, 0.3) is 11.3 Å². The topological polar surface area (TPSA) is 49.8 Å². The first-order valence-electron chi connectivity index (χ1n) is 8.25. The fourth-order valence-electron chi connectivity index (χ4n) is 2.45. The van der Waals surface area contributed by atoms with Crippen molar-refractivity contribution in [2.75, 3.05) is 10.6 Å². The van der Waals surface area contributed by atoms with Gasteiger partial charge in [0.1, 0.15) is 5.82 Å². The summed E-state index contributed by atoms with van der Waals surface area (Å²) in [5.74, 6) is 1.28. The highest BCUT2D eigenvalue weighted by Gasteiger charge is 2.09. The van der Waals surface area contributed by atoms with E-state index in [1.54, 1.807) is 0 Å². The highest BCUT2D eigenvalue weighted by molar-refractivity contribution is 6.33. The van der Waals surface area contributed by atoms with Crippen LogP contribution in [0.15, 0.2) is 54.6 Å². The van der Waals surface area contributed by atoms with Gasteiger partial charge in [-0.1, -0.05) is 48.0 Å². The van der Waals surface area contributed by atoms with Crippen LogP contribution in [0, 0.1) is 6.92 Å². The molecule has 2 N–H and O–H groups in total. The normalized spacial score (nSPS) is 10.8. The molecule has 3 rings (SSSR count). The second-order valence-corrected chi connectivity index (χ2v) is 6.64. The Morgan fingerprint density at radius 2 is 1.72 bits per heavy atom. The van der Waals surface area contributed by atoms with Crippen LogP contribution < -0.4 is 10.6 Å². The Hall–Kier alpha value is -2.59. The smallest absolute Gasteiger partial charge is 0.225 e. The molecule has 0 atom stereocenters. The molecule has 0 bridgehead atoms. The molecule has 0 radical (unpaired) electrons. The number of aryl methyl sites for hydroxylation is 1. The minimum absolute atomic E-state index is 0.238. The van der Waals surface area contributed by atoms with Gasteiger partial charge < -0.3 is 10.6 Å². The van der Waals surface area contributed by atoms with Gasteiger partial charge in [0, 0.05) is 17.7 Å². The minimum Gasteiger partial charge on any atom is -0.352 e. The third kappa shape index (κ3) is 4.48. The summed E-state index contributed by atoms with van der Waals surface area (Å²) in [6, 6.07) is 18.1. The van der Waals surface area contributed by atoms with Crippen molar-refractivity contribution in [3.8, 4) is 11.3 Å². The maximum atomic E-state index is 6.34. The van der Waals surface area contributed by atoms with Gasteiger partial charge in [-0.15, -0.1) is 0 Å². The van der Waals surface area contributed by atoms with Gasteiger partial charge in [-0.2, -0.15) is 4.98 Å². The van der Waals surface area contributed by atoms with Crippen LogP contribution in [-0.2, 0) is 0 Å². The molecule has 4 nitrogen and oxygen atoms in total. The van der Waals surface area contributed by atoms with Gasteiger partial charge in [-0.05, 0) is 38.5 Å². The number of hydrogen-bond donors (Lipinski definition) is 2. The Morgan fingerprint density at radius 3 is 2.40 bits per heavy atom. The first-order valence-corrected chi connectivity index (χ1v) is 8.63. The van der Waals surface area contributed by atoms with E-state index in [0.717, 1.165) is 22.5 Å². The molecule has 3 aromatic rings. The lowest BCUT2D eigenvalue weighted by Crippen LogP contribution is -2.13. The second kappa shape index (κ2) is 7.53. The van der Waals surface area contributed by atoms with E-state index in [2.05, 4.69) is 34.4 Å². The molecule has 0 fully saturated rings. The van der Waals surface area contributed by atoms with E-state index < -0.39 is 0 Å². The molecular formula is C20H21ClN4. The fourth-order valence-corrected chi connectivity index (χ4v) is 2.73. The van der Waals surface area contributed by atoms with Crippen LogP contribution >= 0.6 is 11.6 Å². The molecule has 0 aliphatic heterocycles. The Labute approximate surface area is 153 Å². The van der Waals surface area contributed by atoms with Gasteiger partial charge in [0.2, 0.25) is 5.95 Å². The summed E-state index contributed by atoms with van der Waals surface area (Å²) in [5, 5.41) is 7.23. The maximum absolute atomic E-state index is 6.34. The lowest BCUT2D eigenvalue weighted by Gasteiger charge is -2.14. The molecule has 0 saturated heterocycles.